The minimum atomic E-state index is -0.596. The Morgan fingerprint density at radius 3 is 2.50 bits per heavy atom. The van der Waals surface area contributed by atoms with Gasteiger partial charge in [-0.3, -0.25) is 4.68 Å². The third-order valence-corrected chi connectivity index (χ3v) is 2.66. The van der Waals surface area contributed by atoms with E-state index in [2.05, 4.69) is 21.5 Å². The third kappa shape index (κ3) is 4.34. The van der Waals surface area contributed by atoms with E-state index in [0.29, 0.717) is 19.8 Å². The van der Waals surface area contributed by atoms with Crippen LogP contribution in [-0.2, 0) is 20.8 Å². The van der Waals surface area contributed by atoms with Crippen molar-refractivity contribution in [3.8, 4) is 0 Å². The van der Waals surface area contributed by atoms with Crippen molar-refractivity contribution in [3.63, 3.8) is 0 Å². The molecular weight excluding hydrogens is 264 g/mol. The van der Waals surface area contributed by atoms with Gasteiger partial charge in [0.1, 0.15) is 5.69 Å². The summed E-state index contributed by atoms with van der Waals surface area (Å²) in [5, 5.41) is 4.03. The number of aromatic nitrogens is 2. The van der Waals surface area contributed by atoms with Gasteiger partial charge in [0.2, 0.25) is 0 Å². The van der Waals surface area contributed by atoms with E-state index in [1.807, 2.05) is 0 Å². The maximum absolute atomic E-state index is 11.6. The number of hydrogen-bond donors (Lipinski definition) is 0. The number of unbranched alkanes of at least 4 members (excludes halogenated alkanes) is 1. The van der Waals surface area contributed by atoms with E-state index in [-0.39, 0.29) is 11.4 Å². The standard InChI is InChI=1S/C13H20N2O5/c1-4-5-7-20-8-6-15-11(13(17)19-3)9-10(14-15)12(16)18-2/h9H,4-8H2,1-3H3. The van der Waals surface area contributed by atoms with Crippen molar-refractivity contribution in [2.75, 3.05) is 27.4 Å². The van der Waals surface area contributed by atoms with Crippen LogP contribution < -0.4 is 0 Å². The zero-order valence-corrected chi connectivity index (χ0v) is 12.0. The average molecular weight is 284 g/mol. The largest absolute Gasteiger partial charge is 0.464 e. The fraction of sp³-hybridized carbons (Fsp3) is 0.615. The molecule has 0 saturated carbocycles. The number of methoxy groups -OCH3 is 2. The molecule has 0 aliphatic heterocycles. The molecule has 0 amide bonds. The van der Waals surface area contributed by atoms with Crippen molar-refractivity contribution in [1.29, 1.82) is 0 Å². The molecule has 0 aliphatic carbocycles. The van der Waals surface area contributed by atoms with Crippen LogP contribution in [0.2, 0.25) is 0 Å². The van der Waals surface area contributed by atoms with E-state index in [1.165, 1.54) is 25.0 Å². The van der Waals surface area contributed by atoms with Crippen molar-refractivity contribution in [1.82, 2.24) is 9.78 Å². The van der Waals surface area contributed by atoms with Gasteiger partial charge in [-0.1, -0.05) is 13.3 Å². The van der Waals surface area contributed by atoms with Crippen LogP contribution in [-0.4, -0.2) is 49.2 Å². The Bertz CT molecular complexity index is 456. The molecule has 0 radical (unpaired) electrons. The lowest BCUT2D eigenvalue weighted by atomic mass is 10.3. The van der Waals surface area contributed by atoms with E-state index in [9.17, 15) is 9.59 Å². The number of ether oxygens (including phenoxy) is 3. The van der Waals surface area contributed by atoms with Crippen molar-refractivity contribution in [2.45, 2.75) is 26.3 Å². The summed E-state index contributed by atoms with van der Waals surface area (Å²) in [7, 11) is 2.53. The first-order valence-electron chi connectivity index (χ1n) is 6.46. The molecule has 0 aliphatic rings. The van der Waals surface area contributed by atoms with Crippen molar-refractivity contribution < 1.29 is 23.8 Å². The Morgan fingerprint density at radius 1 is 1.20 bits per heavy atom. The Balaban J connectivity index is 2.73. The lowest BCUT2D eigenvalue weighted by Crippen LogP contribution is -2.15. The molecule has 1 aromatic rings. The number of hydrogen-bond acceptors (Lipinski definition) is 6. The van der Waals surface area contributed by atoms with Gasteiger partial charge < -0.3 is 14.2 Å². The smallest absolute Gasteiger partial charge is 0.358 e. The molecule has 0 bridgehead atoms. The highest BCUT2D eigenvalue weighted by atomic mass is 16.5. The number of rotatable bonds is 8. The summed E-state index contributed by atoms with van der Waals surface area (Å²) >= 11 is 0. The molecule has 0 saturated heterocycles. The van der Waals surface area contributed by atoms with Gasteiger partial charge in [-0.25, -0.2) is 9.59 Å². The summed E-state index contributed by atoms with van der Waals surface area (Å²) in [6, 6.07) is 1.35. The van der Waals surface area contributed by atoms with Crippen molar-refractivity contribution in [2.24, 2.45) is 0 Å². The van der Waals surface area contributed by atoms with Crippen LogP contribution in [0.4, 0.5) is 0 Å². The molecule has 1 rings (SSSR count). The van der Waals surface area contributed by atoms with Crippen LogP contribution in [0.25, 0.3) is 0 Å². The maximum atomic E-state index is 11.6. The number of nitrogens with zero attached hydrogens (tertiary/aromatic N) is 2. The first-order valence-corrected chi connectivity index (χ1v) is 6.46. The minimum absolute atomic E-state index is 0.0708. The predicted molar refractivity (Wildman–Crippen MR) is 70.6 cm³/mol. The molecule has 0 unspecified atom stereocenters. The molecule has 7 nitrogen and oxygen atoms in total. The molecule has 112 valence electrons. The van der Waals surface area contributed by atoms with Gasteiger partial charge in [0.15, 0.2) is 5.69 Å². The molecule has 20 heavy (non-hydrogen) atoms. The second-order valence-corrected chi connectivity index (χ2v) is 4.09. The zero-order chi connectivity index (χ0) is 15.0. The second kappa shape index (κ2) is 8.31. The number of carbonyl (C=O) groups is 2. The maximum Gasteiger partial charge on any atom is 0.358 e. The SMILES string of the molecule is CCCCOCCn1nc(C(=O)OC)cc1C(=O)OC. The molecule has 0 aromatic carbocycles. The molecular formula is C13H20N2O5. The Labute approximate surface area is 117 Å². The molecule has 1 aromatic heterocycles. The summed E-state index contributed by atoms with van der Waals surface area (Å²) < 4.78 is 16.0. The lowest BCUT2D eigenvalue weighted by Gasteiger charge is -2.06. The van der Waals surface area contributed by atoms with Crippen LogP contribution >= 0.6 is 0 Å². The number of carbonyl (C=O) groups excluding carboxylic acids is 2. The number of esters is 2. The highest BCUT2D eigenvalue weighted by molar-refractivity contribution is 5.93. The molecule has 0 fully saturated rings. The van der Waals surface area contributed by atoms with E-state index in [0.717, 1.165) is 12.8 Å². The fourth-order valence-corrected chi connectivity index (χ4v) is 1.56. The molecule has 0 atom stereocenters. The fourth-order valence-electron chi connectivity index (χ4n) is 1.56. The van der Waals surface area contributed by atoms with Gasteiger partial charge in [0.05, 0.1) is 27.4 Å². The second-order valence-electron chi connectivity index (χ2n) is 4.09. The van der Waals surface area contributed by atoms with Crippen molar-refractivity contribution >= 4 is 11.9 Å². The summed E-state index contributed by atoms with van der Waals surface area (Å²) in [4.78, 5) is 23.0. The van der Waals surface area contributed by atoms with E-state index < -0.39 is 11.9 Å². The van der Waals surface area contributed by atoms with Gasteiger partial charge in [0, 0.05) is 12.7 Å². The Morgan fingerprint density at radius 2 is 1.90 bits per heavy atom. The van der Waals surface area contributed by atoms with Gasteiger partial charge in [0.25, 0.3) is 0 Å². The normalized spacial score (nSPS) is 10.3. The highest BCUT2D eigenvalue weighted by Crippen LogP contribution is 2.08. The summed E-state index contributed by atoms with van der Waals surface area (Å²) in [6.07, 6.45) is 2.04. The van der Waals surface area contributed by atoms with Gasteiger partial charge >= 0.3 is 11.9 Å². The van der Waals surface area contributed by atoms with Gasteiger partial charge in [-0.05, 0) is 6.42 Å². The zero-order valence-electron chi connectivity index (χ0n) is 12.0. The molecule has 7 heteroatoms. The Kier molecular flexibility index (Phi) is 6.72. The molecule has 1 heterocycles. The molecule has 0 spiro atoms. The van der Waals surface area contributed by atoms with Crippen LogP contribution in [0.3, 0.4) is 0 Å². The quantitative estimate of drug-likeness (QED) is 0.528. The van der Waals surface area contributed by atoms with E-state index >= 15 is 0 Å². The summed E-state index contributed by atoms with van der Waals surface area (Å²) in [6.45, 7) is 3.52. The van der Waals surface area contributed by atoms with E-state index in [1.54, 1.807) is 0 Å². The van der Waals surface area contributed by atoms with Gasteiger partial charge in [-0.15, -0.1) is 0 Å². The van der Waals surface area contributed by atoms with Crippen LogP contribution in [0.1, 0.15) is 40.7 Å². The summed E-state index contributed by atoms with van der Waals surface area (Å²) in [5.74, 6) is -1.15. The van der Waals surface area contributed by atoms with Crippen molar-refractivity contribution in [3.05, 3.63) is 17.5 Å². The molecule has 0 N–H and O–H groups in total. The lowest BCUT2D eigenvalue weighted by molar-refractivity contribution is 0.0574. The summed E-state index contributed by atoms with van der Waals surface area (Å²) in [5.41, 5.74) is 0.272. The van der Waals surface area contributed by atoms with Crippen LogP contribution in [0.15, 0.2) is 6.07 Å². The average Bonchev–Trinajstić information content (AvgIpc) is 2.89. The van der Waals surface area contributed by atoms with Crippen LogP contribution in [0, 0.1) is 0 Å². The first-order chi connectivity index (χ1) is 9.63. The predicted octanol–water partition coefficient (Wildman–Crippen LogP) is 1.27. The van der Waals surface area contributed by atoms with Gasteiger partial charge in [-0.2, -0.15) is 5.10 Å². The van der Waals surface area contributed by atoms with Crippen LogP contribution in [0.5, 0.6) is 0 Å². The van der Waals surface area contributed by atoms with E-state index in [4.69, 9.17) is 4.74 Å². The third-order valence-electron chi connectivity index (χ3n) is 2.66. The monoisotopic (exact) mass is 284 g/mol. The Hall–Kier alpha value is -1.89. The topological polar surface area (TPSA) is 79.7 Å². The highest BCUT2D eigenvalue weighted by Gasteiger charge is 2.19. The minimum Gasteiger partial charge on any atom is -0.464 e. The first kappa shape index (κ1) is 16.2.